The molecule has 0 fully saturated rings. The lowest BCUT2D eigenvalue weighted by molar-refractivity contribution is -0.111. The third kappa shape index (κ3) is 13.6. The fraction of sp³-hybridized carbons (Fsp3) is 0.372. The molecule has 0 bridgehead atoms. The molecule has 0 aliphatic carbocycles. The van der Waals surface area contributed by atoms with Crippen molar-refractivity contribution < 1.29 is 28.4 Å². The van der Waals surface area contributed by atoms with E-state index in [-0.39, 0.29) is 35.9 Å². The summed E-state index contributed by atoms with van der Waals surface area (Å²) >= 11 is 0. The maximum atomic E-state index is 13.1. The van der Waals surface area contributed by atoms with Crippen LogP contribution in [0.2, 0.25) is 0 Å². The van der Waals surface area contributed by atoms with Crippen molar-refractivity contribution in [3.63, 3.8) is 0 Å². The number of nitrogens with one attached hydrogen (secondary N) is 5. The number of aldehydes is 4. The number of allylic oxidation sites excluding steroid dienone is 3. The van der Waals surface area contributed by atoms with Crippen molar-refractivity contribution in [1.82, 2.24) is 44.7 Å². The van der Waals surface area contributed by atoms with Crippen LogP contribution in [0, 0.1) is 0 Å². The van der Waals surface area contributed by atoms with Crippen molar-refractivity contribution >= 4 is 65.1 Å². The Morgan fingerprint density at radius 1 is 1.03 bits per heavy atom. The minimum absolute atomic E-state index is 0.115. The molecule has 0 saturated heterocycles. The highest BCUT2D eigenvalue weighted by atomic mass is 19.1. The number of alkyl halides is 1. The van der Waals surface area contributed by atoms with Gasteiger partial charge in [0.25, 0.3) is 5.91 Å². The number of unbranched alkanes of at least 4 members (excludes halogenated alkanes) is 1. The van der Waals surface area contributed by atoms with E-state index < -0.39 is 18.1 Å². The van der Waals surface area contributed by atoms with Crippen LogP contribution < -0.4 is 37.2 Å². The summed E-state index contributed by atoms with van der Waals surface area (Å²) in [5.41, 5.74) is 4.29. The lowest BCUT2D eigenvalue weighted by Crippen LogP contribution is -2.30. The number of imidazole rings is 2. The average Bonchev–Trinajstić information content (AvgIpc) is 3.82. The van der Waals surface area contributed by atoms with Crippen LogP contribution in [-0.4, -0.2) is 114 Å². The van der Waals surface area contributed by atoms with Crippen LogP contribution in [-0.2, 0) is 27.9 Å². The molecule has 0 aliphatic heterocycles. The Bertz CT molecular complexity index is 2390. The smallest absolute Gasteiger partial charge is 0.329 e. The fourth-order valence-electron chi connectivity index (χ4n) is 6.16. The topological polar surface area (TPSA) is 219 Å². The van der Waals surface area contributed by atoms with E-state index in [1.807, 2.05) is 39.3 Å². The molecule has 1 amide bonds. The summed E-state index contributed by atoms with van der Waals surface area (Å²) in [5, 5.41) is 18.6. The van der Waals surface area contributed by atoms with Crippen molar-refractivity contribution in [3.8, 4) is 0 Å². The Morgan fingerprint density at radius 3 is 2.44 bits per heavy atom. The zero-order valence-corrected chi connectivity index (χ0v) is 36.2. The fourth-order valence-corrected chi connectivity index (χ4v) is 6.16. The molecule has 0 aliphatic rings. The second kappa shape index (κ2) is 25.7. The molecule has 4 aromatic heterocycles. The van der Waals surface area contributed by atoms with Crippen molar-refractivity contribution in [1.29, 1.82) is 0 Å². The van der Waals surface area contributed by atoms with Crippen LogP contribution in [0.25, 0.3) is 16.7 Å². The van der Waals surface area contributed by atoms with Gasteiger partial charge in [0.05, 0.1) is 34.7 Å². The normalized spacial score (nSPS) is 12.1. The third-order valence-electron chi connectivity index (χ3n) is 9.14. The van der Waals surface area contributed by atoms with Crippen molar-refractivity contribution in [2.75, 3.05) is 63.9 Å². The van der Waals surface area contributed by atoms with Crippen LogP contribution in [0.4, 0.5) is 21.7 Å². The number of aromatic nitrogens is 6. The van der Waals surface area contributed by atoms with Gasteiger partial charge in [0, 0.05) is 58.1 Å². The molecular formula is C43H57FN12O6. The van der Waals surface area contributed by atoms with Gasteiger partial charge in [-0.1, -0.05) is 12.1 Å². The van der Waals surface area contributed by atoms with E-state index in [1.54, 1.807) is 61.1 Å². The Labute approximate surface area is 359 Å². The summed E-state index contributed by atoms with van der Waals surface area (Å²) in [7, 11) is 10.9. The summed E-state index contributed by atoms with van der Waals surface area (Å²) in [4.78, 5) is 79.9. The molecule has 18 nitrogen and oxygen atoms in total. The first-order chi connectivity index (χ1) is 29.9. The first-order valence-electron chi connectivity index (χ1n) is 20.0. The summed E-state index contributed by atoms with van der Waals surface area (Å²) in [6, 6.07) is 10.1. The number of carbonyl (C=O) groups excluding carboxylic acids is 5. The van der Waals surface area contributed by atoms with E-state index in [9.17, 15) is 33.2 Å². The second-order valence-corrected chi connectivity index (χ2v) is 13.9. The van der Waals surface area contributed by atoms with Gasteiger partial charge in [-0.3, -0.25) is 23.5 Å². The third-order valence-corrected chi connectivity index (χ3v) is 9.14. The van der Waals surface area contributed by atoms with E-state index >= 15 is 0 Å². The molecule has 0 spiro atoms. The van der Waals surface area contributed by atoms with Gasteiger partial charge in [-0.15, -0.1) is 5.10 Å². The quantitative estimate of drug-likeness (QED) is 0.0308. The molecule has 0 saturated carbocycles. The van der Waals surface area contributed by atoms with Crippen LogP contribution in [0.3, 0.4) is 0 Å². The summed E-state index contributed by atoms with van der Waals surface area (Å²) in [5.74, 6) is 0.296. The lowest BCUT2D eigenvalue weighted by atomic mass is 10.1. The number of carbonyl (C=O) groups is 5. The molecule has 2 unspecified atom stereocenters. The van der Waals surface area contributed by atoms with Gasteiger partial charge < -0.3 is 41.1 Å². The molecule has 1 aromatic carbocycles. The van der Waals surface area contributed by atoms with E-state index in [0.717, 1.165) is 61.3 Å². The minimum Gasteiger partial charge on any atom is -0.385 e. The maximum Gasteiger partial charge on any atom is 0.329 e. The highest BCUT2D eigenvalue weighted by Crippen LogP contribution is 2.24. The van der Waals surface area contributed by atoms with E-state index in [1.165, 1.54) is 34.5 Å². The molecule has 2 atom stereocenters. The number of benzene rings is 1. The van der Waals surface area contributed by atoms with Gasteiger partial charge in [0.1, 0.15) is 30.8 Å². The molecule has 5 N–H and O–H groups in total. The molecule has 5 aromatic rings. The predicted molar refractivity (Wildman–Crippen MR) is 240 cm³/mol. The van der Waals surface area contributed by atoms with E-state index in [0.29, 0.717) is 35.4 Å². The molecule has 19 heteroatoms. The minimum atomic E-state index is -1.20. The van der Waals surface area contributed by atoms with Gasteiger partial charge >= 0.3 is 5.69 Å². The highest BCUT2D eigenvalue weighted by Gasteiger charge is 2.21. The molecule has 5 rings (SSSR count). The summed E-state index contributed by atoms with van der Waals surface area (Å²) in [6.07, 6.45) is 13.0. The number of anilines is 3. The Kier molecular flexibility index (Phi) is 20.5. The zero-order valence-electron chi connectivity index (χ0n) is 36.2. The predicted octanol–water partition coefficient (Wildman–Crippen LogP) is 3.65. The Hall–Kier alpha value is -6.86. The van der Waals surface area contributed by atoms with Gasteiger partial charge in [0.15, 0.2) is 23.4 Å². The number of pyridine rings is 1. The molecule has 0 radical (unpaired) electrons. The number of rotatable bonds is 21. The standard InChI is InChI=1S/C23H25FN8O3.C18H25N3O3.C2H7N/c1-15(24)11-28-23(35)19-12-27-22-18(25-2)10-20(30-32(19)22)29-17(14-34)5-4-8-31(3)21-9-16(13-33)6-7-26-21;1-19-11-4-3-7-14-8-5-10-16-17(14)20(2)18(24)21(16)15(13-23)9-6-12-22;1-3-2/h4-10,12-15,25H,11H2,1-3H3,(H,28,35)(H,29,30);5,8,10,12-13,15,19H,3-4,6-7,9,11H2,1-2H3;3H,1-2H3/b8-4-,17-5+;;. The number of fused-ring (bicyclic) bond motifs is 2. The molecule has 4 heterocycles. The average molecular weight is 857 g/mol. The van der Waals surface area contributed by atoms with Crippen LogP contribution in [0.15, 0.2) is 77.6 Å². The van der Waals surface area contributed by atoms with Crippen molar-refractivity contribution in [2.45, 2.75) is 51.2 Å². The van der Waals surface area contributed by atoms with Gasteiger partial charge in [0.2, 0.25) is 0 Å². The molecular weight excluding hydrogens is 800 g/mol. The lowest BCUT2D eigenvalue weighted by Gasteiger charge is -2.12. The highest BCUT2D eigenvalue weighted by molar-refractivity contribution is 5.94. The van der Waals surface area contributed by atoms with Crippen molar-refractivity contribution in [3.05, 3.63) is 100 Å². The Morgan fingerprint density at radius 2 is 1.79 bits per heavy atom. The second-order valence-electron chi connectivity index (χ2n) is 13.9. The number of amides is 1. The molecule has 332 valence electrons. The first kappa shape index (κ1) is 49.5. The van der Waals surface area contributed by atoms with Crippen molar-refractivity contribution in [2.24, 2.45) is 7.05 Å². The first-order valence-corrected chi connectivity index (χ1v) is 20.0. The summed E-state index contributed by atoms with van der Waals surface area (Å²) in [6.45, 7) is 2.16. The summed E-state index contributed by atoms with van der Waals surface area (Å²) < 4.78 is 17.6. The maximum absolute atomic E-state index is 13.1. The van der Waals surface area contributed by atoms with Gasteiger partial charge in [-0.25, -0.2) is 23.7 Å². The number of hydrogen-bond donors (Lipinski definition) is 5. The SMILES string of the molecule is CNC.CNCCCCc1cccc2c1n(C)c(=O)n2C(C=O)CCC=O.CNc1cc(N/C(C=O)=C/C=C\N(C)c2cc(C=O)ccn2)nn2c(C(=O)NCC(C)F)cnc12. The monoisotopic (exact) mass is 856 g/mol. The van der Waals surface area contributed by atoms with E-state index in [4.69, 9.17) is 0 Å². The number of hydrogen-bond acceptors (Lipinski definition) is 14. The van der Waals surface area contributed by atoms with Crippen LogP contribution in [0.5, 0.6) is 0 Å². The van der Waals surface area contributed by atoms with Crippen LogP contribution >= 0.6 is 0 Å². The number of nitrogens with zero attached hydrogens (tertiary/aromatic N) is 7. The zero-order chi connectivity index (χ0) is 45.6. The van der Waals surface area contributed by atoms with Crippen LogP contribution in [0.1, 0.15) is 65.1 Å². The van der Waals surface area contributed by atoms with Gasteiger partial charge in [-0.05, 0) is 96.2 Å². The Balaban J connectivity index is 0.000000330. The van der Waals surface area contributed by atoms with Gasteiger partial charge in [-0.2, -0.15) is 0 Å². The van der Waals surface area contributed by atoms with E-state index in [2.05, 4.69) is 41.7 Å². The molecule has 62 heavy (non-hydrogen) atoms. The largest absolute Gasteiger partial charge is 0.385 e. The number of aryl methyl sites for hydroxylation is 2. The number of halogens is 1. The number of para-hydroxylation sites is 1.